The molecule has 0 fully saturated rings. The van der Waals surface area contributed by atoms with Gasteiger partial charge in [0.1, 0.15) is 11.2 Å². The molecule has 116 valence electrons. The fourth-order valence-corrected chi connectivity index (χ4v) is 2.69. The third kappa shape index (κ3) is 2.79. The Morgan fingerprint density at radius 3 is 2.55 bits per heavy atom. The van der Waals surface area contributed by atoms with E-state index in [4.69, 9.17) is 14.8 Å². The highest BCUT2D eigenvalue weighted by Crippen LogP contribution is 2.29. The van der Waals surface area contributed by atoms with E-state index in [2.05, 4.69) is 37.8 Å². The van der Waals surface area contributed by atoms with Crippen LogP contribution in [0, 0.1) is 6.92 Å². The summed E-state index contributed by atoms with van der Waals surface area (Å²) in [6.45, 7) is 8.38. The SMILES string of the molecule is CCN(CC)c1cc2nc3ccc(=[NH2+])cc-3oc2cc1C.[Cl-]. The predicted molar refractivity (Wildman–Crippen MR) is 84.0 cm³/mol. The van der Waals surface area contributed by atoms with Crippen LogP contribution >= 0.6 is 0 Å². The van der Waals surface area contributed by atoms with Crippen molar-refractivity contribution in [2.75, 3.05) is 18.0 Å². The summed E-state index contributed by atoms with van der Waals surface area (Å²) in [4.78, 5) is 7.02. The van der Waals surface area contributed by atoms with Gasteiger partial charge < -0.3 is 21.7 Å². The summed E-state index contributed by atoms with van der Waals surface area (Å²) < 4.78 is 5.95. The Kier molecular flexibility index (Phi) is 4.71. The molecule has 1 aliphatic carbocycles. The molecule has 0 spiro atoms. The minimum atomic E-state index is 0. The van der Waals surface area contributed by atoms with Crippen LogP contribution in [-0.2, 0) is 0 Å². The number of nitrogens with two attached hydrogens (primary N) is 1. The monoisotopic (exact) mass is 317 g/mol. The first kappa shape index (κ1) is 16.3. The molecule has 0 unspecified atom stereocenters. The molecule has 1 aliphatic heterocycles. The summed E-state index contributed by atoms with van der Waals surface area (Å²) in [5, 5.41) is 6.49. The molecule has 2 N–H and O–H groups in total. The van der Waals surface area contributed by atoms with Gasteiger partial charge in [0.2, 0.25) is 5.36 Å². The molecule has 5 heteroatoms. The summed E-state index contributed by atoms with van der Waals surface area (Å²) in [6, 6.07) is 9.71. The summed E-state index contributed by atoms with van der Waals surface area (Å²) in [5.74, 6) is 0.720. The van der Waals surface area contributed by atoms with Crippen LogP contribution in [0.3, 0.4) is 0 Å². The standard InChI is InChI=1S/C17H19N3O.ClH/c1-4-20(5-2)15-10-14-16(8-11(15)3)21-17-9-12(18)6-7-13(17)19-14;/h6-10,18H,4-5H2,1-3H3;1H. The molecule has 22 heavy (non-hydrogen) atoms. The molecule has 3 rings (SSSR count). The molecule has 0 saturated carbocycles. The van der Waals surface area contributed by atoms with Crippen molar-refractivity contribution in [3.05, 3.63) is 41.3 Å². The number of hydrogen-bond donors (Lipinski definition) is 1. The molecule has 0 bridgehead atoms. The smallest absolute Gasteiger partial charge is 0.200 e. The second-order valence-corrected chi connectivity index (χ2v) is 5.22. The normalized spacial score (nSPS) is 10.7. The zero-order chi connectivity index (χ0) is 15.0. The molecule has 0 radical (unpaired) electrons. The van der Waals surface area contributed by atoms with Crippen LogP contribution in [0.5, 0.6) is 0 Å². The number of rotatable bonds is 3. The highest BCUT2D eigenvalue weighted by atomic mass is 35.5. The van der Waals surface area contributed by atoms with E-state index in [1.54, 1.807) is 0 Å². The van der Waals surface area contributed by atoms with Crippen LogP contribution in [0.2, 0.25) is 0 Å². The van der Waals surface area contributed by atoms with E-state index < -0.39 is 0 Å². The number of fused-ring (bicyclic) bond motifs is 2. The fraction of sp³-hybridized carbons (Fsp3) is 0.294. The third-order valence-electron chi connectivity index (χ3n) is 3.83. The van der Waals surface area contributed by atoms with E-state index in [0.717, 1.165) is 35.6 Å². The van der Waals surface area contributed by atoms with Gasteiger partial charge >= 0.3 is 0 Å². The van der Waals surface area contributed by atoms with Crippen molar-refractivity contribution in [1.29, 1.82) is 0 Å². The Bertz CT molecular complexity index is 824. The molecule has 0 amide bonds. The molecule has 1 aromatic carbocycles. The van der Waals surface area contributed by atoms with Crippen molar-refractivity contribution in [2.24, 2.45) is 0 Å². The van der Waals surface area contributed by atoms with Gasteiger partial charge in [-0.15, -0.1) is 0 Å². The zero-order valence-electron chi connectivity index (χ0n) is 13.1. The molecule has 4 nitrogen and oxygen atoms in total. The van der Waals surface area contributed by atoms with Crippen molar-refractivity contribution >= 4 is 16.8 Å². The van der Waals surface area contributed by atoms with E-state index in [1.165, 1.54) is 11.3 Å². The number of nitrogens with zero attached hydrogens (tertiary/aromatic N) is 2. The van der Waals surface area contributed by atoms with Crippen molar-refractivity contribution in [2.45, 2.75) is 20.8 Å². The molecule has 0 atom stereocenters. The van der Waals surface area contributed by atoms with Gasteiger partial charge in [0.25, 0.3) is 0 Å². The van der Waals surface area contributed by atoms with Gasteiger partial charge in [-0.2, -0.15) is 0 Å². The van der Waals surface area contributed by atoms with Gasteiger partial charge in [-0.3, -0.25) is 5.41 Å². The maximum Gasteiger partial charge on any atom is 0.200 e. The number of anilines is 1. The zero-order valence-corrected chi connectivity index (χ0v) is 13.8. The van der Waals surface area contributed by atoms with E-state index >= 15 is 0 Å². The molecular weight excluding hydrogens is 298 g/mol. The minimum absolute atomic E-state index is 0. The number of halogens is 1. The number of benzene rings is 2. The van der Waals surface area contributed by atoms with Crippen LogP contribution in [0.1, 0.15) is 19.4 Å². The van der Waals surface area contributed by atoms with Crippen LogP contribution in [0.4, 0.5) is 5.69 Å². The van der Waals surface area contributed by atoms with Gasteiger partial charge in [0, 0.05) is 24.8 Å². The third-order valence-corrected chi connectivity index (χ3v) is 3.83. The highest BCUT2D eigenvalue weighted by molar-refractivity contribution is 5.82. The number of aromatic nitrogens is 1. The lowest BCUT2D eigenvalue weighted by molar-refractivity contribution is -0.172. The number of aryl methyl sites for hydroxylation is 1. The predicted octanol–water partition coefficient (Wildman–Crippen LogP) is -1.25. The molecule has 1 aromatic rings. The maximum atomic E-state index is 5.95. The summed E-state index contributed by atoms with van der Waals surface area (Å²) in [6.07, 6.45) is 0. The lowest BCUT2D eigenvalue weighted by atomic mass is 10.1. The lowest BCUT2D eigenvalue weighted by Crippen LogP contribution is -3.00. The van der Waals surface area contributed by atoms with Gasteiger partial charge in [0.05, 0.1) is 6.07 Å². The molecule has 2 aliphatic rings. The quantitative estimate of drug-likeness (QED) is 0.614. The molecule has 1 heterocycles. The van der Waals surface area contributed by atoms with Crippen molar-refractivity contribution in [3.63, 3.8) is 0 Å². The van der Waals surface area contributed by atoms with Gasteiger partial charge in [-0.25, -0.2) is 4.98 Å². The topological polar surface area (TPSA) is 54.9 Å². The Hall–Kier alpha value is -2.07. The van der Waals surface area contributed by atoms with Crippen molar-refractivity contribution in [3.8, 4) is 11.5 Å². The summed E-state index contributed by atoms with van der Waals surface area (Å²) in [5.41, 5.74) is 4.90. The number of hydrogen-bond acceptors (Lipinski definition) is 3. The van der Waals surface area contributed by atoms with Crippen molar-refractivity contribution in [1.82, 2.24) is 4.98 Å². The van der Waals surface area contributed by atoms with Crippen LogP contribution < -0.4 is 28.1 Å². The van der Waals surface area contributed by atoms with Crippen LogP contribution in [-0.4, -0.2) is 18.1 Å². The minimum Gasteiger partial charge on any atom is -1.00 e. The van der Waals surface area contributed by atoms with Gasteiger partial charge in [0.15, 0.2) is 11.3 Å². The first-order chi connectivity index (χ1) is 10.1. The Balaban J connectivity index is 0.00000176. The largest absolute Gasteiger partial charge is 1.00 e. The maximum absolute atomic E-state index is 5.95. The first-order valence-corrected chi connectivity index (χ1v) is 7.31. The Morgan fingerprint density at radius 2 is 1.86 bits per heavy atom. The lowest BCUT2D eigenvalue weighted by Gasteiger charge is -2.23. The molecule has 0 saturated heterocycles. The summed E-state index contributed by atoms with van der Waals surface area (Å²) in [7, 11) is 0. The second-order valence-electron chi connectivity index (χ2n) is 5.22. The summed E-state index contributed by atoms with van der Waals surface area (Å²) >= 11 is 0. The van der Waals surface area contributed by atoms with Gasteiger partial charge in [-0.05, 0) is 44.5 Å². The Labute approximate surface area is 136 Å². The molecular formula is C17H20ClN3O. The van der Waals surface area contributed by atoms with E-state index in [-0.39, 0.29) is 12.4 Å². The Morgan fingerprint density at radius 1 is 1.14 bits per heavy atom. The average molecular weight is 318 g/mol. The molecule has 0 aromatic heterocycles. The van der Waals surface area contributed by atoms with E-state index in [0.29, 0.717) is 5.36 Å². The average Bonchev–Trinajstić information content (AvgIpc) is 2.47. The fourth-order valence-electron chi connectivity index (χ4n) is 2.69. The van der Waals surface area contributed by atoms with Crippen molar-refractivity contribution < 1.29 is 22.2 Å². The van der Waals surface area contributed by atoms with Gasteiger partial charge in [-0.1, -0.05) is 0 Å². The first-order valence-electron chi connectivity index (χ1n) is 7.31. The van der Waals surface area contributed by atoms with Crippen LogP contribution in [0.15, 0.2) is 34.7 Å². The van der Waals surface area contributed by atoms with E-state index in [9.17, 15) is 0 Å². The highest BCUT2D eigenvalue weighted by Gasteiger charge is 2.13. The van der Waals surface area contributed by atoms with Crippen LogP contribution in [0.25, 0.3) is 22.6 Å². The second kappa shape index (κ2) is 6.36. The van der Waals surface area contributed by atoms with E-state index in [1.807, 2.05) is 18.2 Å².